The number of carboxylic acid groups (broad SMARTS) is 1. The molecule has 0 aliphatic heterocycles. The van der Waals surface area contributed by atoms with Gasteiger partial charge >= 0.3 is 5.97 Å². The number of rotatable bonds is 8. The van der Waals surface area contributed by atoms with Crippen molar-refractivity contribution in [1.82, 2.24) is 4.57 Å². The molecule has 6 nitrogen and oxygen atoms in total. The lowest BCUT2D eigenvalue weighted by Gasteiger charge is -2.19. The van der Waals surface area contributed by atoms with Gasteiger partial charge in [0.1, 0.15) is 17.4 Å². The SMILES string of the molecule is CC(C)(O)c1cccc(OCc2c(Cl)cc(Cl)c(=O)n2CCc2ccc(C(=O)O)cc2)c1. The van der Waals surface area contributed by atoms with Crippen molar-refractivity contribution in [2.45, 2.75) is 39.0 Å². The van der Waals surface area contributed by atoms with E-state index in [9.17, 15) is 14.7 Å². The number of ether oxygens (including phenoxy) is 1. The molecule has 0 aliphatic rings. The summed E-state index contributed by atoms with van der Waals surface area (Å²) >= 11 is 12.4. The highest BCUT2D eigenvalue weighted by Crippen LogP contribution is 2.25. The van der Waals surface area contributed by atoms with E-state index in [0.29, 0.717) is 28.5 Å². The number of carboxylic acids is 1. The van der Waals surface area contributed by atoms with Crippen LogP contribution in [0.4, 0.5) is 0 Å². The number of hydrogen-bond acceptors (Lipinski definition) is 4. The minimum Gasteiger partial charge on any atom is -0.487 e. The van der Waals surface area contributed by atoms with Gasteiger partial charge in [-0.05, 0) is 61.7 Å². The van der Waals surface area contributed by atoms with Gasteiger partial charge in [0.15, 0.2) is 0 Å². The molecule has 0 atom stereocenters. The Balaban J connectivity index is 1.83. The van der Waals surface area contributed by atoms with Crippen LogP contribution >= 0.6 is 23.2 Å². The van der Waals surface area contributed by atoms with E-state index in [1.54, 1.807) is 50.2 Å². The third kappa shape index (κ3) is 5.71. The summed E-state index contributed by atoms with van der Waals surface area (Å²) in [6, 6.07) is 14.9. The van der Waals surface area contributed by atoms with Gasteiger partial charge in [0.05, 0.1) is 21.9 Å². The lowest BCUT2D eigenvalue weighted by Crippen LogP contribution is -2.26. The standard InChI is InChI=1S/C24H23Cl2NO5/c1-24(2,31)17-4-3-5-18(12-17)32-14-21-19(25)13-20(26)22(28)27(21)11-10-15-6-8-16(9-7-15)23(29)30/h3-9,12-13,31H,10-11,14H2,1-2H3,(H,29,30). The smallest absolute Gasteiger partial charge is 0.335 e. The molecule has 0 spiro atoms. The van der Waals surface area contributed by atoms with Crippen LogP contribution in [0.5, 0.6) is 5.75 Å². The second kappa shape index (κ2) is 9.77. The van der Waals surface area contributed by atoms with E-state index < -0.39 is 11.6 Å². The van der Waals surface area contributed by atoms with Crippen LogP contribution in [0.3, 0.4) is 0 Å². The summed E-state index contributed by atoms with van der Waals surface area (Å²) < 4.78 is 7.34. The van der Waals surface area contributed by atoms with Crippen LogP contribution < -0.4 is 10.3 Å². The minimum atomic E-state index is -1.02. The van der Waals surface area contributed by atoms with Crippen LogP contribution in [0.1, 0.15) is 41.0 Å². The number of nitrogens with zero attached hydrogens (tertiary/aromatic N) is 1. The van der Waals surface area contributed by atoms with E-state index in [0.717, 1.165) is 5.56 Å². The summed E-state index contributed by atoms with van der Waals surface area (Å²) in [6.45, 7) is 3.68. The highest BCUT2D eigenvalue weighted by atomic mass is 35.5. The third-order valence-electron chi connectivity index (χ3n) is 5.05. The van der Waals surface area contributed by atoms with Crippen molar-refractivity contribution in [2.24, 2.45) is 0 Å². The summed E-state index contributed by atoms with van der Waals surface area (Å²) in [7, 11) is 0. The van der Waals surface area contributed by atoms with Gasteiger partial charge in [-0.25, -0.2) is 4.79 Å². The zero-order valence-corrected chi connectivity index (χ0v) is 19.2. The van der Waals surface area contributed by atoms with Gasteiger partial charge in [-0.15, -0.1) is 0 Å². The number of halogens is 2. The molecule has 3 aromatic rings. The molecule has 0 saturated carbocycles. The molecular formula is C24H23Cl2NO5. The predicted molar refractivity (Wildman–Crippen MR) is 124 cm³/mol. The zero-order chi connectivity index (χ0) is 23.5. The normalized spacial score (nSPS) is 11.4. The zero-order valence-electron chi connectivity index (χ0n) is 17.6. The molecule has 1 heterocycles. The van der Waals surface area contributed by atoms with Gasteiger partial charge in [-0.2, -0.15) is 0 Å². The molecule has 2 N–H and O–H groups in total. The molecule has 2 aromatic carbocycles. The molecule has 0 bridgehead atoms. The Labute approximate surface area is 195 Å². The van der Waals surface area contributed by atoms with E-state index in [1.165, 1.54) is 22.8 Å². The summed E-state index contributed by atoms with van der Waals surface area (Å²) in [4.78, 5) is 23.7. The van der Waals surface area contributed by atoms with Crippen LogP contribution in [0, 0.1) is 0 Å². The predicted octanol–water partition coefficient (Wildman–Crippen LogP) is 4.90. The third-order valence-corrected chi connectivity index (χ3v) is 5.64. The number of aliphatic hydroxyl groups is 1. The van der Waals surface area contributed by atoms with Crippen molar-refractivity contribution in [3.63, 3.8) is 0 Å². The monoisotopic (exact) mass is 475 g/mol. The molecule has 0 aliphatic carbocycles. The second-order valence-corrected chi connectivity index (χ2v) is 8.69. The van der Waals surface area contributed by atoms with Gasteiger partial charge < -0.3 is 19.5 Å². The lowest BCUT2D eigenvalue weighted by atomic mass is 9.98. The van der Waals surface area contributed by atoms with Crippen molar-refractivity contribution in [2.75, 3.05) is 0 Å². The van der Waals surface area contributed by atoms with Crippen molar-refractivity contribution in [3.8, 4) is 5.75 Å². The first-order valence-electron chi connectivity index (χ1n) is 9.92. The molecule has 3 rings (SSSR count). The number of aromatic nitrogens is 1. The van der Waals surface area contributed by atoms with E-state index in [4.69, 9.17) is 33.0 Å². The van der Waals surface area contributed by atoms with Crippen LogP contribution in [0.15, 0.2) is 59.4 Å². The maximum absolute atomic E-state index is 12.7. The van der Waals surface area contributed by atoms with Crippen LogP contribution in [0.2, 0.25) is 10.0 Å². The molecule has 0 saturated heterocycles. The highest BCUT2D eigenvalue weighted by molar-refractivity contribution is 6.34. The van der Waals surface area contributed by atoms with Gasteiger partial charge in [0.25, 0.3) is 5.56 Å². The lowest BCUT2D eigenvalue weighted by molar-refractivity contribution is 0.0696. The Morgan fingerprint density at radius 3 is 2.38 bits per heavy atom. The molecule has 1 aromatic heterocycles. The molecule has 32 heavy (non-hydrogen) atoms. The maximum Gasteiger partial charge on any atom is 0.335 e. The minimum absolute atomic E-state index is 0.00371. The molecule has 0 fully saturated rings. The Bertz CT molecular complexity index is 1180. The fourth-order valence-corrected chi connectivity index (χ4v) is 3.73. The Morgan fingerprint density at radius 2 is 1.75 bits per heavy atom. The van der Waals surface area contributed by atoms with Crippen molar-refractivity contribution < 1.29 is 19.7 Å². The summed E-state index contributed by atoms with van der Waals surface area (Å²) in [5.74, 6) is -0.471. The fourth-order valence-electron chi connectivity index (χ4n) is 3.19. The molecule has 0 amide bonds. The summed E-state index contributed by atoms with van der Waals surface area (Å²) in [6.07, 6.45) is 0.470. The van der Waals surface area contributed by atoms with Crippen LogP contribution in [0.25, 0.3) is 0 Å². The molecule has 168 valence electrons. The van der Waals surface area contributed by atoms with Crippen LogP contribution in [-0.2, 0) is 25.2 Å². The number of aromatic carboxylic acids is 1. The first-order valence-corrected chi connectivity index (χ1v) is 10.7. The average molecular weight is 476 g/mol. The quantitative estimate of drug-likeness (QED) is 0.483. The van der Waals surface area contributed by atoms with Crippen molar-refractivity contribution in [1.29, 1.82) is 0 Å². The molecule has 0 unspecified atom stereocenters. The maximum atomic E-state index is 12.7. The van der Waals surface area contributed by atoms with Gasteiger partial charge in [-0.3, -0.25) is 4.79 Å². The number of aryl methyl sites for hydroxylation is 1. The van der Waals surface area contributed by atoms with Crippen LogP contribution in [-0.4, -0.2) is 20.7 Å². The Hall–Kier alpha value is -2.80. The topological polar surface area (TPSA) is 88.8 Å². The van der Waals surface area contributed by atoms with E-state index >= 15 is 0 Å². The second-order valence-electron chi connectivity index (χ2n) is 7.87. The van der Waals surface area contributed by atoms with Gasteiger partial charge in [0, 0.05) is 6.54 Å². The Kier molecular flexibility index (Phi) is 7.29. The largest absolute Gasteiger partial charge is 0.487 e. The van der Waals surface area contributed by atoms with E-state index in [1.807, 2.05) is 0 Å². The summed E-state index contributed by atoms with van der Waals surface area (Å²) in [5, 5.41) is 19.5. The first-order chi connectivity index (χ1) is 15.1. The number of carbonyl (C=O) groups is 1. The molecule has 8 heteroatoms. The van der Waals surface area contributed by atoms with Crippen molar-refractivity contribution >= 4 is 29.2 Å². The fraction of sp³-hybridized carbons (Fsp3) is 0.250. The number of hydrogen-bond donors (Lipinski definition) is 2. The van der Waals surface area contributed by atoms with Gasteiger partial charge in [-0.1, -0.05) is 47.5 Å². The van der Waals surface area contributed by atoms with E-state index in [2.05, 4.69) is 0 Å². The Morgan fingerprint density at radius 1 is 1.06 bits per heavy atom. The summed E-state index contributed by atoms with van der Waals surface area (Å²) in [5.41, 5.74) is 0.815. The first kappa shape index (κ1) is 23.9. The van der Waals surface area contributed by atoms with Crippen molar-refractivity contribution in [3.05, 3.63) is 97.4 Å². The van der Waals surface area contributed by atoms with Gasteiger partial charge in [0.2, 0.25) is 0 Å². The number of pyridine rings is 1. The number of benzene rings is 2. The molecule has 0 radical (unpaired) electrons. The highest BCUT2D eigenvalue weighted by Gasteiger charge is 2.17. The average Bonchev–Trinajstić information content (AvgIpc) is 2.74. The molecular weight excluding hydrogens is 453 g/mol. The van der Waals surface area contributed by atoms with E-state index in [-0.39, 0.29) is 29.3 Å².